The lowest BCUT2D eigenvalue weighted by atomic mass is 9.96. The Morgan fingerprint density at radius 3 is 2.30 bits per heavy atom. The molecule has 2 heterocycles. The zero-order chi connectivity index (χ0) is 16.7. The number of hydrogen-bond donors (Lipinski definition) is 1. The summed E-state index contributed by atoms with van der Waals surface area (Å²) >= 11 is 0. The molecule has 0 saturated heterocycles. The average molecular weight is 308 g/mol. The van der Waals surface area contributed by atoms with Crippen LogP contribution in [-0.4, -0.2) is 20.8 Å². The molecule has 0 amide bonds. The van der Waals surface area contributed by atoms with Gasteiger partial charge in [-0.1, -0.05) is 32.0 Å². The van der Waals surface area contributed by atoms with E-state index in [9.17, 15) is 9.90 Å². The van der Waals surface area contributed by atoms with E-state index in [4.69, 9.17) is 0 Å². The fraction of sp³-hybridized carbons (Fsp3) is 0.263. The lowest BCUT2D eigenvalue weighted by Gasteiger charge is -2.12. The lowest BCUT2D eigenvalue weighted by Crippen LogP contribution is -2.10. The van der Waals surface area contributed by atoms with Crippen LogP contribution in [-0.2, 0) is 0 Å². The number of rotatable bonds is 2. The number of aryl methyl sites for hydroxylation is 2. The molecule has 23 heavy (non-hydrogen) atoms. The summed E-state index contributed by atoms with van der Waals surface area (Å²) in [5.74, 6) is 0.212. The number of carboxylic acid groups (broad SMARTS) is 1. The van der Waals surface area contributed by atoms with Crippen molar-refractivity contribution in [1.29, 1.82) is 0 Å². The van der Waals surface area contributed by atoms with Crippen LogP contribution < -0.4 is 0 Å². The van der Waals surface area contributed by atoms with Gasteiger partial charge in [0.2, 0.25) is 0 Å². The Bertz CT molecular complexity index is 887. The van der Waals surface area contributed by atoms with E-state index in [1.54, 1.807) is 0 Å². The summed E-state index contributed by atoms with van der Waals surface area (Å²) < 4.78 is 1.40. The standard InChI is InChI=1S/C19H20N2O2/c1-11(2)17-15-7-5-6-8-16(15)21(19(22)23)18(17)14-9-12(3)20-13(4)10-14/h5-11H,1-4H3,(H,22,23). The van der Waals surface area contributed by atoms with Crippen LogP contribution in [0.1, 0.15) is 36.7 Å². The molecule has 0 aliphatic rings. The number of carbonyl (C=O) groups is 1. The molecule has 0 saturated carbocycles. The van der Waals surface area contributed by atoms with Gasteiger partial charge in [-0.05, 0) is 43.5 Å². The van der Waals surface area contributed by atoms with Gasteiger partial charge in [0.05, 0.1) is 11.2 Å². The van der Waals surface area contributed by atoms with Crippen molar-refractivity contribution in [3.05, 3.63) is 53.3 Å². The number of pyridine rings is 1. The monoisotopic (exact) mass is 308 g/mol. The molecule has 0 unspecified atom stereocenters. The van der Waals surface area contributed by atoms with Gasteiger partial charge in [0.25, 0.3) is 0 Å². The van der Waals surface area contributed by atoms with Gasteiger partial charge >= 0.3 is 6.09 Å². The maximum atomic E-state index is 12.0. The molecular weight excluding hydrogens is 288 g/mol. The Labute approximate surface area is 135 Å². The first-order valence-corrected chi connectivity index (χ1v) is 7.72. The minimum absolute atomic E-state index is 0.212. The second-order valence-corrected chi connectivity index (χ2v) is 6.19. The summed E-state index contributed by atoms with van der Waals surface area (Å²) in [6.45, 7) is 8.05. The third-order valence-electron chi connectivity index (χ3n) is 4.04. The van der Waals surface area contributed by atoms with Gasteiger partial charge < -0.3 is 5.11 Å². The Morgan fingerprint density at radius 1 is 1.13 bits per heavy atom. The summed E-state index contributed by atoms with van der Waals surface area (Å²) in [5.41, 5.74) is 5.22. The Kier molecular flexibility index (Phi) is 3.68. The molecule has 1 aromatic carbocycles. The Balaban J connectivity index is 2.49. The molecule has 0 radical (unpaired) electrons. The quantitative estimate of drug-likeness (QED) is 0.727. The normalized spacial score (nSPS) is 11.3. The number of fused-ring (bicyclic) bond motifs is 1. The third-order valence-corrected chi connectivity index (χ3v) is 4.04. The SMILES string of the molecule is Cc1cc(-c2c(C(C)C)c3ccccc3n2C(=O)O)cc(C)n1. The van der Waals surface area contributed by atoms with Crippen molar-refractivity contribution in [3.63, 3.8) is 0 Å². The van der Waals surface area contributed by atoms with Crippen molar-refractivity contribution in [2.24, 2.45) is 0 Å². The molecule has 0 fully saturated rings. The van der Waals surface area contributed by atoms with Crippen LogP contribution in [0.15, 0.2) is 36.4 Å². The number of nitrogens with zero attached hydrogens (tertiary/aromatic N) is 2. The minimum Gasteiger partial charge on any atom is -0.464 e. The van der Waals surface area contributed by atoms with E-state index in [2.05, 4.69) is 18.8 Å². The first kappa shape index (κ1) is 15.3. The summed E-state index contributed by atoms with van der Waals surface area (Å²) in [4.78, 5) is 16.4. The maximum absolute atomic E-state index is 12.0. The molecule has 4 heteroatoms. The van der Waals surface area contributed by atoms with Crippen LogP contribution >= 0.6 is 0 Å². The molecule has 1 N–H and O–H groups in total. The largest absolute Gasteiger partial charge is 0.464 e. The fourth-order valence-corrected chi connectivity index (χ4v) is 3.30. The van der Waals surface area contributed by atoms with Crippen LogP contribution in [0, 0.1) is 13.8 Å². The average Bonchev–Trinajstić information content (AvgIpc) is 2.81. The van der Waals surface area contributed by atoms with Crippen molar-refractivity contribution in [2.75, 3.05) is 0 Å². The van der Waals surface area contributed by atoms with Crippen LogP contribution in [0.4, 0.5) is 4.79 Å². The zero-order valence-corrected chi connectivity index (χ0v) is 13.8. The second-order valence-electron chi connectivity index (χ2n) is 6.19. The molecule has 3 rings (SSSR count). The predicted molar refractivity (Wildman–Crippen MR) is 92.2 cm³/mol. The molecule has 118 valence electrons. The van der Waals surface area contributed by atoms with Gasteiger partial charge in [0, 0.05) is 22.3 Å². The molecule has 0 atom stereocenters. The number of benzene rings is 1. The highest BCUT2D eigenvalue weighted by molar-refractivity contribution is 5.99. The highest BCUT2D eigenvalue weighted by Crippen LogP contribution is 2.38. The van der Waals surface area contributed by atoms with E-state index in [0.717, 1.165) is 39.1 Å². The molecule has 2 aromatic heterocycles. The molecule has 4 nitrogen and oxygen atoms in total. The van der Waals surface area contributed by atoms with Crippen LogP contribution in [0.25, 0.3) is 22.2 Å². The fourth-order valence-electron chi connectivity index (χ4n) is 3.30. The van der Waals surface area contributed by atoms with Crippen molar-refractivity contribution in [3.8, 4) is 11.3 Å². The number of hydrogen-bond acceptors (Lipinski definition) is 2. The van der Waals surface area contributed by atoms with Gasteiger partial charge in [0.15, 0.2) is 0 Å². The van der Waals surface area contributed by atoms with Gasteiger partial charge in [-0.3, -0.25) is 4.98 Å². The minimum atomic E-state index is -0.963. The van der Waals surface area contributed by atoms with Crippen LogP contribution in [0.2, 0.25) is 0 Å². The summed E-state index contributed by atoms with van der Waals surface area (Å²) in [5, 5.41) is 10.8. The maximum Gasteiger partial charge on any atom is 0.416 e. The molecular formula is C19H20N2O2. The Morgan fingerprint density at radius 2 is 1.74 bits per heavy atom. The predicted octanol–water partition coefficient (Wildman–Crippen LogP) is 4.97. The molecule has 0 bridgehead atoms. The van der Waals surface area contributed by atoms with Crippen molar-refractivity contribution in [2.45, 2.75) is 33.6 Å². The highest BCUT2D eigenvalue weighted by atomic mass is 16.4. The van der Waals surface area contributed by atoms with Crippen molar-refractivity contribution >= 4 is 17.0 Å². The lowest BCUT2D eigenvalue weighted by molar-refractivity contribution is 0.198. The van der Waals surface area contributed by atoms with Crippen LogP contribution in [0.3, 0.4) is 0 Å². The summed E-state index contributed by atoms with van der Waals surface area (Å²) in [7, 11) is 0. The Hall–Kier alpha value is -2.62. The van der Waals surface area contributed by atoms with Crippen LogP contribution in [0.5, 0.6) is 0 Å². The highest BCUT2D eigenvalue weighted by Gasteiger charge is 2.24. The van der Waals surface area contributed by atoms with E-state index >= 15 is 0 Å². The van der Waals surface area contributed by atoms with Crippen molar-refractivity contribution in [1.82, 2.24) is 9.55 Å². The molecule has 3 aromatic rings. The van der Waals surface area contributed by atoms with E-state index in [1.807, 2.05) is 50.2 Å². The van der Waals surface area contributed by atoms with Crippen molar-refractivity contribution < 1.29 is 9.90 Å². The number of aromatic nitrogens is 2. The molecule has 0 aliphatic heterocycles. The first-order chi connectivity index (χ1) is 10.9. The van der Waals surface area contributed by atoms with Gasteiger partial charge in [-0.15, -0.1) is 0 Å². The van der Waals surface area contributed by atoms with Gasteiger partial charge in [-0.25, -0.2) is 9.36 Å². The summed E-state index contributed by atoms with van der Waals surface area (Å²) in [6, 6.07) is 11.6. The molecule has 0 spiro atoms. The van der Waals surface area contributed by atoms with E-state index < -0.39 is 6.09 Å². The second kappa shape index (κ2) is 5.54. The van der Waals surface area contributed by atoms with Gasteiger partial charge in [0.1, 0.15) is 0 Å². The molecule has 0 aliphatic carbocycles. The summed E-state index contributed by atoms with van der Waals surface area (Å²) in [6.07, 6.45) is -0.963. The number of para-hydroxylation sites is 1. The zero-order valence-electron chi connectivity index (χ0n) is 13.8. The van der Waals surface area contributed by atoms with E-state index in [-0.39, 0.29) is 5.92 Å². The first-order valence-electron chi connectivity index (χ1n) is 7.72. The topological polar surface area (TPSA) is 55.1 Å². The third kappa shape index (κ3) is 2.50. The van der Waals surface area contributed by atoms with Gasteiger partial charge in [-0.2, -0.15) is 0 Å². The van der Waals surface area contributed by atoms with E-state index in [1.165, 1.54) is 4.57 Å². The van der Waals surface area contributed by atoms with E-state index in [0.29, 0.717) is 0 Å². The smallest absolute Gasteiger partial charge is 0.416 e.